The largest absolute Gasteiger partial charge is 0.373 e. The molecule has 2 rings (SSSR count). The van der Waals surface area contributed by atoms with Crippen molar-refractivity contribution in [2.24, 2.45) is 0 Å². The van der Waals surface area contributed by atoms with Crippen molar-refractivity contribution in [2.75, 3.05) is 12.4 Å². The summed E-state index contributed by atoms with van der Waals surface area (Å²) < 4.78 is 6.78. The molecule has 4 heteroatoms. The minimum absolute atomic E-state index is 0.582. The number of halogens is 1. The third-order valence-corrected chi connectivity index (χ3v) is 3.34. The normalized spacial score (nSPS) is 10.3. The van der Waals surface area contributed by atoms with Gasteiger partial charge in [0.1, 0.15) is 5.82 Å². The number of rotatable bonds is 5. The van der Waals surface area contributed by atoms with E-state index in [1.807, 2.05) is 37.4 Å². The second-order valence-corrected chi connectivity index (χ2v) is 4.74. The number of hydrogen-bond donors (Lipinski definition) is 1. The molecular weight excluding hydrogens is 292 g/mol. The lowest BCUT2D eigenvalue weighted by Crippen LogP contribution is -1.97. The van der Waals surface area contributed by atoms with Crippen molar-refractivity contribution in [1.82, 2.24) is 4.98 Å². The van der Waals surface area contributed by atoms with Gasteiger partial charge >= 0.3 is 0 Å². The van der Waals surface area contributed by atoms with E-state index in [-0.39, 0.29) is 0 Å². The van der Waals surface area contributed by atoms with Crippen LogP contribution in [-0.4, -0.2) is 12.0 Å². The molecule has 0 aliphatic carbocycles. The molecule has 0 saturated carbocycles. The highest BCUT2D eigenvalue weighted by molar-refractivity contribution is 9.10. The number of benzene rings is 1. The highest BCUT2D eigenvalue weighted by Crippen LogP contribution is 2.17. The molecule has 2 aromatic rings. The molecule has 0 saturated heterocycles. The molecule has 1 aromatic heterocycles. The Kier molecular flexibility index (Phi) is 4.73. The predicted molar refractivity (Wildman–Crippen MR) is 76.4 cm³/mol. The molecule has 94 valence electrons. The molecule has 0 aliphatic heterocycles. The molecule has 0 spiro atoms. The van der Waals surface area contributed by atoms with E-state index in [4.69, 9.17) is 4.74 Å². The molecule has 0 unspecified atom stereocenters. The van der Waals surface area contributed by atoms with Crippen LogP contribution < -0.4 is 5.32 Å². The number of ether oxygens (including phenoxy) is 1. The molecule has 0 bridgehead atoms. The van der Waals surface area contributed by atoms with Crippen molar-refractivity contribution in [2.45, 2.75) is 13.2 Å². The lowest BCUT2D eigenvalue weighted by atomic mass is 10.2. The van der Waals surface area contributed by atoms with Gasteiger partial charge in [-0.1, -0.05) is 34.1 Å². The zero-order chi connectivity index (χ0) is 12.8. The van der Waals surface area contributed by atoms with Crippen LogP contribution in [0.3, 0.4) is 0 Å². The van der Waals surface area contributed by atoms with Gasteiger partial charge in [0, 0.05) is 17.7 Å². The average Bonchev–Trinajstić information content (AvgIpc) is 2.41. The van der Waals surface area contributed by atoms with Gasteiger partial charge in [-0.05, 0) is 29.3 Å². The molecule has 0 amide bonds. The summed E-state index contributed by atoms with van der Waals surface area (Å²) in [5.74, 6) is 0.858. The van der Waals surface area contributed by atoms with Gasteiger partial charge in [0.25, 0.3) is 0 Å². The van der Waals surface area contributed by atoms with Gasteiger partial charge < -0.3 is 10.1 Å². The number of pyridine rings is 1. The van der Waals surface area contributed by atoms with E-state index < -0.39 is 0 Å². The maximum atomic E-state index is 5.70. The number of nitrogens with zero attached hydrogens (tertiary/aromatic N) is 1. The molecule has 0 atom stereocenters. The zero-order valence-electron chi connectivity index (χ0n) is 10.2. The van der Waals surface area contributed by atoms with E-state index in [1.54, 1.807) is 6.20 Å². The summed E-state index contributed by atoms with van der Waals surface area (Å²) >= 11 is 3.51. The van der Waals surface area contributed by atoms with Crippen LogP contribution >= 0.6 is 15.9 Å². The van der Waals surface area contributed by atoms with E-state index in [0.29, 0.717) is 13.2 Å². The number of anilines is 1. The van der Waals surface area contributed by atoms with Crippen LogP contribution in [-0.2, 0) is 18.0 Å². The van der Waals surface area contributed by atoms with Gasteiger partial charge in [-0.3, -0.25) is 0 Å². The van der Waals surface area contributed by atoms with Crippen LogP contribution in [0.2, 0.25) is 0 Å². The fourth-order valence-corrected chi connectivity index (χ4v) is 1.99. The maximum absolute atomic E-state index is 5.70. The first-order valence-electron chi connectivity index (χ1n) is 5.73. The Labute approximate surface area is 115 Å². The summed E-state index contributed by atoms with van der Waals surface area (Å²) in [6.45, 7) is 1.18. The fraction of sp³-hybridized carbons (Fsp3) is 0.214. The number of nitrogens with one attached hydrogen (secondary N) is 1. The van der Waals surface area contributed by atoms with Crippen LogP contribution in [0.15, 0.2) is 47.1 Å². The first-order chi connectivity index (χ1) is 8.79. The summed E-state index contributed by atoms with van der Waals surface area (Å²) in [5, 5.41) is 3.01. The Morgan fingerprint density at radius 1 is 1.22 bits per heavy atom. The highest BCUT2D eigenvalue weighted by Gasteiger charge is 2.00. The predicted octanol–water partition coefficient (Wildman–Crippen LogP) is 3.60. The Morgan fingerprint density at radius 2 is 2.06 bits per heavy atom. The van der Waals surface area contributed by atoms with Crippen molar-refractivity contribution in [3.63, 3.8) is 0 Å². The van der Waals surface area contributed by atoms with Crippen LogP contribution in [0.5, 0.6) is 0 Å². The second-order valence-electron chi connectivity index (χ2n) is 3.88. The van der Waals surface area contributed by atoms with E-state index >= 15 is 0 Å². The fourth-order valence-electron chi connectivity index (χ4n) is 1.60. The maximum Gasteiger partial charge on any atom is 0.125 e. The Morgan fingerprint density at radius 3 is 2.83 bits per heavy atom. The van der Waals surface area contributed by atoms with Crippen LogP contribution in [0.1, 0.15) is 11.1 Å². The molecule has 1 N–H and O–H groups in total. The van der Waals surface area contributed by atoms with Crippen LogP contribution in [0, 0.1) is 0 Å². The van der Waals surface area contributed by atoms with E-state index in [0.717, 1.165) is 21.4 Å². The van der Waals surface area contributed by atoms with Crippen molar-refractivity contribution in [3.8, 4) is 0 Å². The molecule has 0 aliphatic rings. The summed E-state index contributed by atoms with van der Waals surface area (Å²) in [7, 11) is 1.86. The van der Waals surface area contributed by atoms with Gasteiger partial charge in [0.15, 0.2) is 0 Å². The van der Waals surface area contributed by atoms with E-state index in [9.17, 15) is 0 Å². The SMILES string of the molecule is CNc1cc(COCc2ccccc2Br)ccn1. The smallest absolute Gasteiger partial charge is 0.125 e. The van der Waals surface area contributed by atoms with Gasteiger partial charge in [-0.25, -0.2) is 4.98 Å². The van der Waals surface area contributed by atoms with Crippen molar-refractivity contribution >= 4 is 21.7 Å². The van der Waals surface area contributed by atoms with Gasteiger partial charge in [0.2, 0.25) is 0 Å². The molecule has 0 radical (unpaired) electrons. The molecule has 18 heavy (non-hydrogen) atoms. The monoisotopic (exact) mass is 306 g/mol. The Hall–Kier alpha value is -1.39. The van der Waals surface area contributed by atoms with Crippen LogP contribution in [0.4, 0.5) is 5.82 Å². The van der Waals surface area contributed by atoms with E-state index in [2.05, 4.69) is 32.3 Å². The molecule has 0 fully saturated rings. The van der Waals surface area contributed by atoms with Crippen molar-refractivity contribution in [3.05, 3.63) is 58.2 Å². The zero-order valence-corrected chi connectivity index (χ0v) is 11.8. The third kappa shape index (κ3) is 3.55. The van der Waals surface area contributed by atoms with Gasteiger partial charge in [-0.2, -0.15) is 0 Å². The number of aromatic nitrogens is 1. The highest BCUT2D eigenvalue weighted by atomic mass is 79.9. The second kappa shape index (κ2) is 6.52. The molecule has 1 heterocycles. The standard InChI is InChI=1S/C14H15BrN2O/c1-16-14-8-11(6-7-17-14)9-18-10-12-4-2-3-5-13(12)15/h2-8H,9-10H2,1H3,(H,16,17). The Balaban J connectivity index is 1.90. The lowest BCUT2D eigenvalue weighted by Gasteiger charge is -2.07. The van der Waals surface area contributed by atoms with Crippen molar-refractivity contribution < 1.29 is 4.74 Å². The number of hydrogen-bond acceptors (Lipinski definition) is 3. The van der Waals surface area contributed by atoms with Gasteiger partial charge in [0.05, 0.1) is 13.2 Å². The van der Waals surface area contributed by atoms with Crippen LogP contribution in [0.25, 0.3) is 0 Å². The van der Waals surface area contributed by atoms with Gasteiger partial charge in [-0.15, -0.1) is 0 Å². The van der Waals surface area contributed by atoms with E-state index in [1.165, 1.54) is 0 Å². The van der Waals surface area contributed by atoms with Crippen molar-refractivity contribution in [1.29, 1.82) is 0 Å². The Bertz CT molecular complexity index is 517. The lowest BCUT2D eigenvalue weighted by molar-refractivity contribution is 0.107. The minimum atomic E-state index is 0.582. The molecule has 1 aromatic carbocycles. The summed E-state index contributed by atoms with van der Waals surface area (Å²) in [6, 6.07) is 12.0. The topological polar surface area (TPSA) is 34.1 Å². The summed E-state index contributed by atoms with van der Waals surface area (Å²) in [6.07, 6.45) is 1.78. The first-order valence-corrected chi connectivity index (χ1v) is 6.52. The molecule has 3 nitrogen and oxygen atoms in total. The quantitative estimate of drug-likeness (QED) is 0.916. The summed E-state index contributed by atoms with van der Waals surface area (Å²) in [5.41, 5.74) is 2.27. The first kappa shape index (κ1) is 13.1. The minimum Gasteiger partial charge on any atom is -0.373 e. The summed E-state index contributed by atoms with van der Waals surface area (Å²) in [4.78, 5) is 4.16. The molecular formula is C14H15BrN2O. The third-order valence-electron chi connectivity index (χ3n) is 2.56. The average molecular weight is 307 g/mol.